The van der Waals surface area contributed by atoms with Gasteiger partial charge in [-0.2, -0.15) is 0 Å². The third-order valence-corrected chi connectivity index (χ3v) is 4.61. The summed E-state index contributed by atoms with van der Waals surface area (Å²) in [5, 5.41) is 9.04. The first-order valence-electron chi connectivity index (χ1n) is 7.96. The van der Waals surface area contributed by atoms with E-state index in [0.29, 0.717) is 18.5 Å². The highest BCUT2D eigenvalue weighted by Crippen LogP contribution is 2.35. The highest BCUT2D eigenvalue weighted by atomic mass is 16.4. The van der Waals surface area contributed by atoms with Crippen LogP contribution in [-0.4, -0.2) is 23.7 Å². The topological polar surface area (TPSA) is 66.6 Å². The number of hydrogen-bond donors (Lipinski definition) is 2. The largest absolute Gasteiger partial charge is 0.481 e. The van der Waals surface area contributed by atoms with Crippen molar-refractivity contribution in [2.45, 2.75) is 51.5 Å². The van der Waals surface area contributed by atoms with Crippen molar-refractivity contribution < 1.29 is 9.90 Å². The number of carboxylic acids is 1. The van der Waals surface area contributed by atoms with Gasteiger partial charge >= 0.3 is 5.97 Å². The van der Waals surface area contributed by atoms with Crippen LogP contribution in [0.5, 0.6) is 0 Å². The molecule has 1 aromatic rings. The number of nitrogen functional groups attached to an aromatic ring is 1. The van der Waals surface area contributed by atoms with E-state index in [2.05, 4.69) is 11.8 Å². The van der Waals surface area contributed by atoms with E-state index < -0.39 is 5.97 Å². The van der Waals surface area contributed by atoms with E-state index >= 15 is 0 Å². The molecule has 2 atom stereocenters. The number of aliphatic carboxylic acids is 1. The van der Waals surface area contributed by atoms with Crippen molar-refractivity contribution in [2.24, 2.45) is 5.92 Å². The Labute approximate surface area is 126 Å². The van der Waals surface area contributed by atoms with Crippen LogP contribution >= 0.6 is 0 Å². The van der Waals surface area contributed by atoms with Crippen LogP contribution < -0.4 is 10.6 Å². The number of rotatable bonds is 6. The molecule has 2 rings (SSSR count). The molecule has 0 aromatic heterocycles. The fourth-order valence-electron chi connectivity index (χ4n) is 3.50. The Kier molecular flexibility index (Phi) is 5.48. The summed E-state index contributed by atoms with van der Waals surface area (Å²) in [6, 6.07) is 8.22. The summed E-state index contributed by atoms with van der Waals surface area (Å²) in [4.78, 5) is 13.2. The molecule has 0 spiro atoms. The van der Waals surface area contributed by atoms with E-state index in [-0.39, 0.29) is 6.42 Å². The molecule has 2 unspecified atom stereocenters. The van der Waals surface area contributed by atoms with E-state index in [9.17, 15) is 4.79 Å². The first kappa shape index (κ1) is 15.7. The summed E-state index contributed by atoms with van der Waals surface area (Å²) in [7, 11) is 0. The molecule has 0 radical (unpaired) electrons. The standard InChI is InChI=1S/C17H26N2O2/c1-2-13-7-3-5-9-15(13)19(12-11-17(20)21)16-10-6-4-8-14(16)18/h4,6,8,10,13,15H,2-3,5,7,9,11-12,18H2,1H3,(H,20,21). The summed E-state index contributed by atoms with van der Waals surface area (Å²) in [6.07, 6.45) is 6.16. The molecule has 1 aromatic carbocycles. The minimum atomic E-state index is -0.752. The van der Waals surface area contributed by atoms with Crippen LogP contribution in [0, 0.1) is 5.92 Å². The first-order valence-corrected chi connectivity index (χ1v) is 7.96. The Hall–Kier alpha value is -1.71. The van der Waals surface area contributed by atoms with Gasteiger partial charge in [-0.1, -0.05) is 38.3 Å². The quantitative estimate of drug-likeness (QED) is 0.787. The van der Waals surface area contributed by atoms with Gasteiger partial charge in [-0.15, -0.1) is 0 Å². The van der Waals surface area contributed by atoms with E-state index in [1.54, 1.807) is 0 Å². The maximum atomic E-state index is 11.0. The average molecular weight is 290 g/mol. The molecule has 1 fully saturated rings. The third kappa shape index (κ3) is 3.90. The van der Waals surface area contributed by atoms with Gasteiger partial charge in [0.1, 0.15) is 0 Å². The molecule has 0 aliphatic heterocycles. The van der Waals surface area contributed by atoms with Crippen molar-refractivity contribution >= 4 is 17.3 Å². The Morgan fingerprint density at radius 1 is 1.33 bits per heavy atom. The van der Waals surface area contributed by atoms with Gasteiger partial charge in [-0.3, -0.25) is 4.79 Å². The summed E-state index contributed by atoms with van der Waals surface area (Å²) in [5.41, 5.74) is 7.86. The minimum absolute atomic E-state index is 0.154. The number of benzene rings is 1. The molecule has 0 saturated heterocycles. The number of nitrogens with zero attached hydrogens (tertiary/aromatic N) is 1. The monoisotopic (exact) mass is 290 g/mol. The van der Waals surface area contributed by atoms with Crippen LogP contribution in [0.3, 0.4) is 0 Å². The maximum absolute atomic E-state index is 11.0. The van der Waals surface area contributed by atoms with Gasteiger partial charge in [-0.05, 0) is 30.9 Å². The number of anilines is 2. The summed E-state index contributed by atoms with van der Waals surface area (Å²) < 4.78 is 0. The van der Waals surface area contributed by atoms with E-state index in [1.807, 2.05) is 24.3 Å². The van der Waals surface area contributed by atoms with Crippen molar-refractivity contribution in [3.8, 4) is 0 Å². The maximum Gasteiger partial charge on any atom is 0.305 e. The molecule has 4 nitrogen and oxygen atoms in total. The van der Waals surface area contributed by atoms with Crippen molar-refractivity contribution in [3.63, 3.8) is 0 Å². The molecule has 0 amide bonds. The zero-order valence-corrected chi connectivity index (χ0v) is 12.8. The molecule has 1 aliphatic rings. The predicted octanol–water partition coefficient (Wildman–Crippen LogP) is 3.52. The molecule has 0 bridgehead atoms. The molecule has 116 valence electrons. The SMILES string of the molecule is CCC1CCCCC1N(CCC(=O)O)c1ccccc1N. The normalized spacial score (nSPS) is 22.0. The number of nitrogens with two attached hydrogens (primary N) is 1. The Bertz CT molecular complexity index is 476. The van der Waals surface area contributed by atoms with Crippen molar-refractivity contribution in [1.29, 1.82) is 0 Å². The molecule has 0 heterocycles. The van der Waals surface area contributed by atoms with E-state index in [4.69, 9.17) is 10.8 Å². The van der Waals surface area contributed by atoms with E-state index in [0.717, 1.165) is 24.2 Å². The van der Waals surface area contributed by atoms with Gasteiger partial charge in [0.2, 0.25) is 0 Å². The second-order valence-electron chi connectivity index (χ2n) is 5.92. The van der Waals surface area contributed by atoms with Crippen molar-refractivity contribution in [1.82, 2.24) is 0 Å². The van der Waals surface area contributed by atoms with Crippen molar-refractivity contribution in [2.75, 3.05) is 17.2 Å². The molecular weight excluding hydrogens is 264 g/mol. The summed E-state index contributed by atoms with van der Waals surface area (Å²) >= 11 is 0. The lowest BCUT2D eigenvalue weighted by molar-refractivity contribution is -0.136. The second-order valence-corrected chi connectivity index (χ2v) is 5.92. The third-order valence-electron chi connectivity index (χ3n) is 4.61. The fraction of sp³-hybridized carbons (Fsp3) is 0.588. The summed E-state index contributed by atoms with van der Waals surface area (Å²) in [5.74, 6) is -0.120. The van der Waals surface area contributed by atoms with Crippen LogP contribution in [0.2, 0.25) is 0 Å². The highest BCUT2D eigenvalue weighted by Gasteiger charge is 2.30. The summed E-state index contributed by atoms with van der Waals surface area (Å²) in [6.45, 7) is 2.76. The molecule has 3 N–H and O–H groups in total. The number of carboxylic acid groups (broad SMARTS) is 1. The highest BCUT2D eigenvalue weighted by molar-refractivity contribution is 5.71. The lowest BCUT2D eigenvalue weighted by Gasteiger charge is -2.41. The lowest BCUT2D eigenvalue weighted by Crippen LogP contribution is -2.44. The van der Waals surface area contributed by atoms with Gasteiger partial charge in [0.25, 0.3) is 0 Å². The van der Waals surface area contributed by atoms with Gasteiger partial charge in [0.15, 0.2) is 0 Å². The fourth-order valence-corrected chi connectivity index (χ4v) is 3.50. The lowest BCUT2D eigenvalue weighted by atomic mass is 9.81. The van der Waals surface area contributed by atoms with Crippen LogP contribution in [0.4, 0.5) is 11.4 Å². The van der Waals surface area contributed by atoms with E-state index in [1.165, 1.54) is 19.3 Å². The van der Waals surface area contributed by atoms with Crippen LogP contribution in [0.15, 0.2) is 24.3 Å². The minimum Gasteiger partial charge on any atom is -0.481 e. The van der Waals surface area contributed by atoms with Crippen LogP contribution in [0.1, 0.15) is 45.4 Å². The first-order chi connectivity index (χ1) is 10.1. The number of para-hydroxylation sites is 2. The Balaban J connectivity index is 2.26. The zero-order chi connectivity index (χ0) is 15.2. The molecular formula is C17H26N2O2. The number of carbonyl (C=O) groups is 1. The molecule has 21 heavy (non-hydrogen) atoms. The van der Waals surface area contributed by atoms with Gasteiger partial charge in [0.05, 0.1) is 17.8 Å². The van der Waals surface area contributed by atoms with Gasteiger partial charge < -0.3 is 15.7 Å². The molecule has 1 saturated carbocycles. The van der Waals surface area contributed by atoms with Gasteiger partial charge in [0, 0.05) is 12.6 Å². The molecule has 1 aliphatic carbocycles. The van der Waals surface area contributed by atoms with Crippen LogP contribution in [-0.2, 0) is 4.79 Å². The zero-order valence-electron chi connectivity index (χ0n) is 12.8. The van der Waals surface area contributed by atoms with Gasteiger partial charge in [-0.25, -0.2) is 0 Å². The molecule has 4 heteroatoms. The smallest absolute Gasteiger partial charge is 0.305 e. The Morgan fingerprint density at radius 2 is 2.05 bits per heavy atom. The second kappa shape index (κ2) is 7.34. The predicted molar refractivity (Wildman–Crippen MR) is 86.5 cm³/mol. The van der Waals surface area contributed by atoms with Crippen LogP contribution in [0.25, 0.3) is 0 Å². The Morgan fingerprint density at radius 3 is 2.71 bits per heavy atom. The average Bonchev–Trinajstić information content (AvgIpc) is 2.49. The number of hydrogen-bond acceptors (Lipinski definition) is 3. The van der Waals surface area contributed by atoms with Crippen molar-refractivity contribution in [3.05, 3.63) is 24.3 Å².